The number of hydrogen-bond acceptors (Lipinski definition) is 3. The van der Waals surface area contributed by atoms with Crippen molar-refractivity contribution < 1.29 is 40.6 Å². The van der Waals surface area contributed by atoms with Crippen molar-refractivity contribution in [3.05, 3.63) is 47.8 Å². The number of hydrogen-bond donors (Lipinski definition) is 1. The third kappa shape index (κ3) is 7.24. The van der Waals surface area contributed by atoms with Gasteiger partial charge in [-0.3, -0.25) is 4.79 Å². The Bertz CT molecular complexity index is 830. The van der Waals surface area contributed by atoms with Crippen LogP contribution < -0.4 is 14.8 Å². The van der Waals surface area contributed by atoms with Gasteiger partial charge in [-0.25, -0.2) is 0 Å². The highest BCUT2D eigenvalue weighted by Gasteiger charge is 2.30. The third-order valence-electron chi connectivity index (χ3n) is 3.68. The van der Waals surface area contributed by atoms with E-state index in [1.807, 2.05) is 11.5 Å². The Hall–Kier alpha value is -2.85. The van der Waals surface area contributed by atoms with Crippen LogP contribution in [0.3, 0.4) is 0 Å². The molecule has 0 spiro atoms. The van der Waals surface area contributed by atoms with Crippen molar-refractivity contribution >= 4 is 5.91 Å². The number of carbonyl (C=O) groups excluding carboxylic acids is 1. The summed E-state index contributed by atoms with van der Waals surface area (Å²) in [7, 11) is 0. The van der Waals surface area contributed by atoms with Crippen LogP contribution in [-0.2, 0) is 13.1 Å². The van der Waals surface area contributed by atoms with E-state index in [1.165, 1.54) is 0 Å². The van der Waals surface area contributed by atoms with Crippen LogP contribution in [0.4, 0.5) is 26.3 Å². The van der Waals surface area contributed by atoms with Crippen LogP contribution in [0, 0.1) is 0 Å². The summed E-state index contributed by atoms with van der Waals surface area (Å²) in [5.74, 6) is -1.57. The Labute approximate surface area is 162 Å². The van der Waals surface area contributed by atoms with E-state index in [0.29, 0.717) is 6.54 Å². The molecule has 0 radical (unpaired) electrons. The van der Waals surface area contributed by atoms with E-state index >= 15 is 0 Å². The van der Waals surface area contributed by atoms with Crippen molar-refractivity contribution in [2.75, 3.05) is 13.2 Å². The molecule has 0 saturated heterocycles. The molecule has 1 aromatic carbocycles. The minimum Gasteiger partial charge on any atom is -0.484 e. The second-order valence-corrected chi connectivity index (χ2v) is 5.93. The van der Waals surface area contributed by atoms with Gasteiger partial charge in [0.1, 0.15) is 11.5 Å². The number of benzene rings is 1. The molecule has 2 rings (SSSR count). The molecular formula is C18H18F6N2O3. The van der Waals surface area contributed by atoms with Gasteiger partial charge in [-0.15, -0.1) is 0 Å². The number of ether oxygens (including phenoxy) is 2. The first-order valence-corrected chi connectivity index (χ1v) is 8.44. The van der Waals surface area contributed by atoms with Crippen molar-refractivity contribution in [2.24, 2.45) is 0 Å². The molecular weight excluding hydrogens is 406 g/mol. The first kappa shape index (κ1) is 22.4. The molecule has 29 heavy (non-hydrogen) atoms. The molecule has 1 heterocycles. The molecule has 11 heteroatoms. The van der Waals surface area contributed by atoms with Crippen LogP contribution in [0.25, 0.3) is 0 Å². The molecule has 0 fully saturated rings. The van der Waals surface area contributed by atoms with E-state index in [9.17, 15) is 31.1 Å². The average Bonchev–Trinajstić information content (AvgIpc) is 3.09. The number of alkyl halides is 6. The van der Waals surface area contributed by atoms with Gasteiger partial charge < -0.3 is 19.4 Å². The zero-order valence-corrected chi connectivity index (χ0v) is 15.2. The molecule has 0 saturated carbocycles. The summed E-state index contributed by atoms with van der Waals surface area (Å²) in [6.45, 7) is -0.684. The maximum Gasteiger partial charge on any atom is 0.422 e. The Kier molecular flexibility index (Phi) is 7.04. The van der Waals surface area contributed by atoms with Gasteiger partial charge in [0.15, 0.2) is 13.2 Å². The summed E-state index contributed by atoms with van der Waals surface area (Å²) in [5, 5.41) is 2.51. The number of aryl methyl sites for hydroxylation is 1. The molecule has 160 valence electrons. The maximum absolute atomic E-state index is 12.5. The predicted molar refractivity (Wildman–Crippen MR) is 90.8 cm³/mol. The highest BCUT2D eigenvalue weighted by atomic mass is 19.4. The number of halogens is 6. The van der Waals surface area contributed by atoms with Crippen LogP contribution in [0.1, 0.15) is 23.0 Å². The Morgan fingerprint density at radius 3 is 2.31 bits per heavy atom. The Morgan fingerprint density at radius 2 is 1.69 bits per heavy atom. The normalized spacial score (nSPS) is 12.0. The van der Waals surface area contributed by atoms with Crippen LogP contribution in [-0.4, -0.2) is 36.0 Å². The van der Waals surface area contributed by atoms with E-state index in [2.05, 4.69) is 14.8 Å². The van der Waals surface area contributed by atoms with Crippen LogP contribution in [0.5, 0.6) is 11.5 Å². The Morgan fingerprint density at radius 1 is 1.03 bits per heavy atom. The Balaban J connectivity index is 2.19. The van der Waals surface area contributed by atoms with Crippen molar-refractivity contribution in [3.63, 3.8) is 0 Å². The zero-order valence-electron chi connectivity index (χ0n) is 15.2. The van der Waals surface area contributed by atoms with Gasteiger partial charge in [-0.1, -0.05) is 0 Å². The van der Waals surface area contributed by atoms with Gasteiger partial charge in [0.25, 0.3) is 5.91 Å². The number of nitrogens with zero attached hydrogens (tertiary/aromatic N) is 1. The third-order valence-corrected chi connectivity index (χ3v) is 3.68. The second-order valence-electron chi connectivity index (χ2n) is 5.93. The van der Waals surface area contributed by atoms with Crippen LogP contribution in [0.15, 0.2) is 36.5 Å². The number of nitrogens with one attached hydrogen (secondary N) is 1. The van der Waals surface area contributed by atoms with E-state index in [4.69, 9.17) is 0 Å². The summed E-state index contributed by atoms with van der Waals surface area (Å²) in [6.07, 6.45) is -7.48. The first-order chi connectivity index (χ1) is 13.5. The lowest BCUT2D eigenvalue weighted by molar-refractivity contribution is -0.154. The summed E-state index contributed by atoms with van der Waals surface area (Å²) >= 11 is 0. The van der Waals surface area contributed by atoms with Crippen molar-refractivity contribution in [1.82, 2.24) is 9.88 Å². The molecule has 0 atom stereocenters. The molecule has 1 amide bonds. The zero-order chi connectivity index (χ0) is 21.7. The predicted octanol–water partition coefficient (Wildman–Crippen LogP) is 4.32. The van der Waals surface area contributed by atoms with Gasteiger partial charge in [0, 0.05) is 18.4 Å². The monoisotopic (exact) mass is 424 g/mol. The number of aromatic nitrogens is 1. The van der Waals surface area contributed by atoms with E-state index in [-0.39, 0.29) is 17.9 Å². The average molecular weight is 424 g/mol. The van der Waals surface area contributed by atoms with Crippen molar-refractivity contribution in [3.8, 4) is 11.5 Å². The molecule has 1 aromatic heterocycles. The standard InChI is InChI=1S/C18H18F6N2O3/c1-2-26-7-3-4-12(26)9-25-16(27)14-8-13(28-10-17(19,20)21)5-6-15(14)29-11-18(22,23)24/h3-8H,2,9-11H2,1H3,(H,25,27). The highest BCUT2D eigenvalue weighted by Crippen LogP contribution is 2.28. The van der Waals surface area contributed by atoms with E-state index in [1.54, 1.807) is 18.3 Å². The fourth-order valence-corrected chi connectivity index (χ4v) is 2.41. The SMILES string of the molecule is CCn1cccc1CNC(=O)c1cc(OCC(F)(F)F)ccc1OCC(F)(F)F. The van der Waals surface area contributed by atoms with E-state index < -0.39 is 37.2 Å². The molecule has 5 nitrogen and oxygen atoms in total. The molecule has 1 N–H and O–H groups in total. The molecule has 0 aliphatic rings. The quantitative estimate of drug-likeness (QED) is 0.643. The topological polar surface area (TPSA) is 52.5 Å². The molecule has 0 aliphatic carbocycles. The molecule has 0 bridgehead atoms. The van der Waals surface area contributed by atoms with Gasteiger partial charge in [0.2, 0.25) is 0 Å². The lowest BCUT2D eigenvalue weighted by atomic mass is 10.1. The number of rotatable bonds is 8. The first-order valence-electron chi connectivity index (χ1n) is 8.44. The minimum absolute atomic E-state index is 0.0615. The molecule has 0 aliphatic heterocycles. The smallest absolute Gasteiger partial charge is 0.422 e. The minimum atomic E-state index is -4.65. The summed E-state index contributed by atoms with van der Waals surface area (Å²) in [4.78, 5) is 12.5. The van der Waals surface area contributed by atoms with Gasteiger partial charge >= 0.3 is 12.4 Å². The lowest BCUT2D eigenvalue weighted by Gasteiger charge is -2.16. The van der Waals surface area contributed by atoms with E-state index in [0.717, 1.165) is 23.9 Å². The number of amides is 1. The van der Waals surface area contributed by atoms with Gasteiger partial charge in [-0.05, 0) is 37.3 Å². The fourth-order valence-electron chi connectivity index (χ4n) is 2.41. The van der Waals surface area contributed by atoms with Gasteiger partial charge in [0.05, 0.1) is 12.1 Å². The lowest BCUT2D eigenvalue weighted by Crippen LogP contribution is -2.26. The largest absolute Gasteiger partial charge is 0.484 e. The fraction of sp³-hybridized carbons (Fsp3) is 0.389. The van der Waals surface area contributed by atoms with Gasteiger partial charge in [-0.2, -0.15) is 26.3 Å². The van der Waals surface area contributed by atoms with Crippen molar-refractivity contribution in [1.29, 1.82) is 0 Å². The van der Waals surface area contributed by atoms with Crippen molar-refractivity contribution in [2.45, 2.75) is 32.4 Å². The summed E-state index contributed by atoms with van der Waals surface area (Å²) in [5.41, 5.74) is 0.367. The van der Waals surface area contributed by atoms with Crippen LogP contribution in [0.2, 0.25) is 0 Å². The highest BCUT2D eigenvalue weighted by molar-refractivity contribution is 5.97. The molecule has 0 unspecified atom stereocenters. The maximum atomic E-state index is 12.5. The molecule has 2 aromatic rings. The van der Waals surface area contributed by atoms with Crippen LogP contribution >= 0.6 is 0 Å². The number of carbonyl (C=O) groups is 1. The summed E-state index contributed by atoms with van der Waals surface area (Å²) in [6, 6.07) is 6.37. The summed E-state index contributed by atoms with van der Waals surface area (Å²) < 4.78 is 85.3. The second kappa shape index (κ2) is 9.10.